The lowest BCUT2D eigenvalue weighted by Gasteiger charge is -1.84. The maximum atomic E-state index is 11.2. The predicted molar refractivity (Wildman–Crippen MR) is 37.7 cm³/mol. The summed E-state index contributed by atoms with van der Waals surface area (Å²) in [6.07, 6.45) is 1.57. The number of alkyl halides is 1. The van der Waals surface area contributed by atoms with Crippen molar-refractivity contribution in [1.29, 1.82) is 0 Å². The Hall–Kier alpha value is -0.800. The van der Waals surface area contributed by atoms with Crippen LogP contribution in [0.5, 0.6) is 0 Å². The minimum absolute atomic E-state index is 0.145. The van der Waals surface area contributed by atoms with Gasteiger partial charge >= 0.3 is 6.09 Å². The van der Waals surface area contributed by atoms with Crippen LogP contribution in [0.2, 0.25) is 0 Å². The van der Waals surface area contributed by atoms with Crippen LogP contribution < -0.4 is 5.73 Å². The van der Waals surface area contributed by atoms with E-state index in [1.165, 1.54) is 0 Å². The van der Waals surface area contributed by atoms with Gasteiger partial charge in [0, 0.05) is 0 Å². The van der Waals surface area contributed by atoms with Crippen LogP contribution in [-0.2, 0) is 0 Å². The molecule has 0 aliphatic heterocycles. The van der Waals surface area contributed by atoms with Gasteiger partial charge in [-0.1, -0.05) is 19.8 Å². The molecule has 3 nitrogen and oxygen atoms in total. The molecule has 0 spiro atoms. The molecule has 0 atom stereocenters. The van der Waals surface area contributed by atoms with Crippen molar-refractivity contribution in [2.45, 2.75) is 26.2 Å². The highest BCUT2D eigenvalue weighted by Crippen LogP contribution is 1.91. The average Bonchev–Trinajstić information content (AvgIpc) is 1.82. The van der Waals surface area contributed by atoms with E-state index < -0.39 is 6.09 Å². The maximum absolute atomic E-state index is 11.2. The standard InChI is InChI=1S/C5H11F.CH3NO2/c1-2-3-4-5-6;2-1(3)4/h2-5H2,1H3;2H2,(H,3,4). The van der Waals surface area contributed by atoms with Crippen molar-refractivity contribution in [2.75, 3.05) is 6.67 Å². The van der Waals surface area contributed by atoms with Crippen LogP contribution in [0.15, 0.2) is 0 Å². The average molecular weight is 151 g/mol. The molecule has 0 aromatic heterocycles. The number of carbonyl (C=O) groups is 1. The largest absolute Gasteiger partial charge is 0.465 e. The summed E-state index contributed by atoms with van der Waals surface area (Å²) < 4.78 is 11.2. The van der Waals surface area contributed by atoms with Crippen molar-refractivity contribution >= 4 is 6.09 Å². The molecule has 62 valence electrons. The summed E-state index contributed by atoms with van der Waals surface area (Å²) in [6, 6.07) is 0. The number of halogens is 1. The van der Waals surface area contributed by atoms with Crippen LogP contribution in [0.25, 0.3) is 0 Å². The molecule has 0 radical (unpaired) electrons. The zero-order valence-electron chi connectivity index (χ0n) is 6.14. The van der Waals surface area contributed by atoms with E-state index in [0.717, 1.165) is 19.3 Å². The second-order valence-electron chi connectivity index (χ2n) is 1.73. The molecule has 0 aromatic carbocycles. The van der Waals surface area contributed by atoms with Crippen molar-refractivity contribution in [3.8, 4) is 0 Å². The highest BCUT2D eigenvalue weighted by molar-refractivity contribution is 5.61. The molecule has 0 unspecified atom stereocenters. The van der Waals surface area contributed by atoms with Gasteiger partial charge in [-0.15, -0.1) is 0 Å². The monoisotopic (exact) mass is 151 g/mol. The third-order valence-electron chi connectivity index (χ3n) is 0.737. The van der Waals surface area contributed by atoms with E-state index in [4.69, 9.17) is 9.90 Å². The fraction of sp³-hybridized carbons (Fsp3) is 0.833. The van der Waals surface area contributed by atoms with Gasteiger partial charge in [-0.2, -0.15) is 0 Å². The predicted octanol–water partition coefficient (Wildman–Crippen LogP) is 1.77. The summed E-state index contributed by atoms with van der Waals surface area (Å²) >= 11 is 0. The van der Waals surface area contributed by atoms with Gasteiger partial charge in [-0.05, 0) is 6.42 Å². The molecule has 0 aliphatic rings. The molecular formula is C6H14FNO2. The molecule has 0 aromatic rings. The van der Waals surface area contributed by atoms with Gasteiger partial charge in [0.05, 0.1) is 6.67 Å². The number of unbranched alkanes of at least 4 members (excludes halogenated alkanes) is 2. The van der Waals surface area contributed by atoms with E-state index in [0.29, 0.717) is 0 Å². The Morgan fingerprint density at radius 3 is 2.10 bits per heavy atom. The zero-order valence-corrected chi connectivity index (χ0v) is 6.14. The van der Waals surface area contributed by atoms with Crippen LogP contribution in [0.1, 0.15) is 26.2 Å². The number of rotatable bonds is 3. The SMILES string of the molecule is CCCCCF.NC(=O)O. The first-order valence-corrected chi connectivity index (χ1v) is 3.19. The number of amides is 1. The number of carboxylic acid groups (broad SMARTS) is 1. The van der Waals surface area contributed by atoms with E-state index in [-0.39, 0.29) is 6.67 Å². The number of hydrogen-bond acceptors (Lipinski definition) is 1. The Labute approximate surface area is 60.0 Å². The molecule has 0 aliphatic carbocycles. The summed E-state index contributed by atoms with van der Waals surface area (Å²) in [4.78, 5) is 8.78. The molecule has 4 heteroatoms. The van der Waals surface area contributed by atoms with Gasteiger partial charge < -0.3 is 10.8 Å². The molecule has 3 N–H and O–H groups in total. The van der Waals surface area contributed by atoms with E-state index in [9.17, 15) is 4.39 Å². The van der Waals surface area contributed by atoms with Crippen molar-refractivity contribution < 1.29 is 14.3 Å². The van der Waals surface area contributed by atoms with E-state index in [1.54, 1.807) is 0 Å². The fourth-order valence-electron chi connectivity index (χ4n) is 0.344. The quantitative estimate of drug-likeness (QED) is 0.604. The Bertz CT molecular complexity index is 70.1. The van der Waals surface area contributed by atoms with E-state index >= 15 is 0 Å². The van der Waals surface area contributed by atoms with E-state index in [2.05, 4.69) is 12.7 Å². The Kier molecular flexibility index (Phi) is 13.2. The van der Waals surface area contributed by atoms with Crippen molar-refractivity contribution in [1.82, 2.24) is 0 Å². The first-order valence-electron chi connectivity index (χ1n) is 3.19. The lowest BCUT2D eigenvalue weighted by molar-refractivity contribution is 0.205. The van der Waals surface area contributed by atoms with Crippen molar-refractivity contribution in [2.24, 2.45) is 5.73 Å². The van der Waals surface area contributed by atoms with Crippen molar-refractivity contribution in [3.05, 3.63) is 0 Å². The summed E-state index contributed by atoms with van der Waals surface area (Å²) in [5.41, 5.74) is 4.03. The van der Waals surface area contributed by atoms with Crippen LogP contribution >= 0.6 is 0 Å². The summed E-state index contributed by atoms with van der Waals surface area (Å²) in [5.74, 6) is 0. The highest BCUT2D eigenvalue weighted by atomic mass is 19.1. The minimum atomic E-state index is -1.33. The maximum Gasteiger partial charge on any atom is 0.402 e. The topological polar surface area (TPSA) is 63.3 Å². The normalized spacial score (nSPS) is 7.80. The first kappa shape index (κ1) is 11.9. The molecule has 0 bridgehead atoms. The number of primary amides is 1. The molecule has 0 heterocycles. The second-order valence-corrected chi connectivity index (χ2v) is 1.73. The third kappa shape index (κ3) is 57.2. The van der Waals surface area contributed by atoms with Crippen LogP contribution in [0, 0.1) is 0 Å². The Morgan fingerprint density at radius 2 is 2.00 bits per heavy atom. The molecule has 0 fully saturated rings. The zero-order chi connectivity index (χ0) is 8.41. The molecular weight excluding hydrogens is 137 g/mol. The Balaban J connectivity index is 0. The molecule has 1 amide bonds. The molecule has 0 saturated heterocycles. The van der Waals surface area contributed by atoms with Gasteiger partial charge in [-0.25, -0.2) is 4.79 Å². The fourth-order valence-corrected chi connectivity index (χ4v) is 0.344. The molecule has 0 rings (SSSR count). The van der Waals surface area contributed by atoms with Gasteiger partial charge in [0.25, 0.3) is 0 Å². The summed E-state index contributed by atoms with van der Waals surface area (Å²) in [7, 11) is 0. The van der Waals surface area contributed by atoms with Crippen molar-refractivity contribution in [3.63, 3.8) is 0 Å². The summed E-state index contributed by atoms with van der Waals surface area (Å²) in [5, 5.41) is 7.19. The summed E-state index contributed by atoms with van der Waals surface area (Å²) in [6.45, 7) is 1.92. The Morgan fingerprint density at radius 1 is 1.60 bits per heavy atom. The van der Waals surface area contributed by atoms with Crippen LogP contribution in [0.4, 0.5) is 9.18 Å². The van der Waals surface area contributed by atoms with Gasteiger partial charge in [0.1, 0.15) is 0 Å². The highest BCUT2D eigenvalue weighted by Gasteiger charge is 1.78. The number of hydrogen-bond donors (Lipinski definition) is 2. The van der Waals surface area contributed by atoms with Gasteiger partial charge in [0.2, 0.25) is 0 Å². The van der Waals surface area contributed by atoms with Crippen LogP contribution in [0.3, 0.4) is 0 Å². The number of nitrogens with two attached hydrogens (primary N) is 1. The third-order valence-corrected chi connectivity index (χ3v) is 0.737. The lowest BCUT2D eigenvalue weighted by Crippen LogP contribution is -2.03. The van der Waals surface area contributed by atoms with Gasteiger partial charge in [0.15, 0.2) is 0 Å². The lowest BCUT2D eigenvalue weighted by atomic mass is 10.3. The van der Waals surface area contributed by atoms with Gasteiger partial charge in [-0.3, -0.25) is 4.39 Å². The second kappa shape index (κ2) is 11.1. The molecule has 10 heavy (non-hydrogen) atoms. The first-order chi connectivity index (χ1) is 4.65. The smallest absolute Gasteiger partial charge is 0.402 e. The van der Waals surface area contributed by atoms with Crippen LogP contribution in [-0.4, -0.2) is 17.9 Å². The van der Waals surface area contributed by atoms with E-state index in [1.807, 2.05) is 0 Å². The minimum Gasteiger partial charge on any atom is -0.465 e. The molecule has 0 saturated carbocycles.